The monoisotopic (exact) mass is 267 g/mol. The lowest BCUT2D eigenvalue weighted by atomic mass is 10.1. The van der Waals surface area contributed by atoms with Gasteiger partial charge in [0.25, 0.3) is 0 Å². The van der Waals surface area contributed by atoms with Crippen molar-refractivity contribution in [2.45, 2.75) is 45.8 Å². The van der Waals surface area contributed by atoms with Crippen LogP contribution in [0.2, 0.25) is 0 Å². The Morgan fingerprint density at radius 1 is 1.44 bits per heavy atom. The second-order valence-corrected chi connectivity index (χ2v) is 5.18. The van der Waals surface area contributed by atoms with Gasteiger partial charge < -0.3 is 5.11 Å². The summed E-state index contributed by atoms with van der Waals surface area (Å²) < 4.78 is 5.64. The number of nitrogens with zero attached hydrogens (tertiary/aromatic N) is 5. The molecule has 98 valence electrons. The topological polar surface area (TPSA) is 76.7 Å². The van der Waals surface area contributed by atoms with Crippen molar-refractivity contribution < 1.29 is 5.11 Å². The van der Waals surface area contributed by atoms with Gasteiger partial charge in [-0.05, 0) is 31.8 Å². The summed E-state index contributed by atoms with van der Waals surface area (Å²) in [5.74, 6) is 0.549. The number of aliphatic hydroxyl groups excluding tert-OH is 1. The molecule has 0 aromatic carbocycles. The molecule has 0 radical (unpaired) electrons. The predicted molar refractivity (Wildman–Crippen MR) is 68.4 cm³/mol. The summed E-state index contributed by atoms with van der Waals surface area (Å²) in [4.78, 5) is 4.92. The molecule has 0 saturated heterocycles. The molecule has 7 heteroatoms. The second kappa shape index (κ2) is 5.53. The first-order chi connectivity index (χ1) is 8.65. The molecule has 1 unspecified atom stereocenters. The van der Waals surface area contributed by atoms with Crippen molar-refractivity contribution in [2.24, 2.45) is 0 Å². The van der Waals surface area contributed by atoms with Crippen molar-refractivity contribution in [1.82, 2.24) is 24.4 Å². The lowest BCUT2D eigenvalue weighted by Crippen LogP contribution is -2.13. The van der Waals surface area contributed by atoms with Crippen LogP contribution in [-0.4, -0.2) is 29.5 Å². The normalized spacial score (nSPS) is 13.2. The molecule has 0 aliphatic carbocycles. The number of aryl methyl sites for hydroxylation is 1. The predicted octanol–water partition coefficient (Wildman–Crippen LogP) is 1.74. The zero-order valence-corrected chi connectivity index (χ0v) is 11.6. The Labute approximate surface area is 110 Å². The Balaban J connectivity index is 2.32. The minimum absolute atomic E-state index is 0.160. The summed E-state index contributed by atoms with van der Waals surface area (Å²) in [7, 11) is 0. The summed E-state index contributed by atoms with van der Waals surface area (Å²) in [5.41, 5.74) is 0.855. The van der Waals surface area contributed by atoms with Gasteiger partial charge in [0, 0.05) is 6.04 Å². The van der Waals surface area contributed by atoms with Gasteiger partial charge in [0.1, 0.15) is 6.33 Å². The highest BCUT2D eigenvalue weighted by Crippen LogP contribution is 2.27. The van der Waals surface area contributed by atoms with E-state index in [0.29, 0.717) is 5.82 Å². The van der Waals surface area contributed by atoms with Gasteiger partial charge in [0.15, 0.2) is 11.9 Å². The molecular formula is C11H17N5OS. The molecule has 1 atom stereocenters. The van der Waals surface area contributed by atoms with Crippen LogP contribution in [0.25, 0.3) is 0 Å². The fourth-order valence-corrected chi connectivity index (χ4v) is 2.48. The molecule has 0 spiro atoms. The van der Waals surface area contributed by atoms with Gasteiger partial charge in [-0.25, -0.2) is 9.67 Å². The first kappa shape index (κ1) is 13.1. The van der Waals surface area contributed by atoms with Crippen molar-refractivity contribution in [3.63, 3.8) is 0 Å². The number of hydrogen-bond donors (Lipinski definition) is 1. The number of rotatable bonds is 5. The number of aromatic nitrogens is 5. The van der Waals surface area contributed by atoms with E-state index in [-0.39, 0.29) is 6.04 Å². The highest BCUT2D eigenvalue weighted by Gasteiger charge is 2.23. The number of aliphatic hydroxyl groups is 1. The van der Waals surface area contributed by atoms with Crippen LogP contribution < -0.4 is 0 Å². The van der Waals surface area contributed by atoms with Crippen molar-refractivity contribution >= 4 is 11.5 Å². The van der Waals surface area contributed by atoms with Crippen molar-refractivity contribution in [3.8, 4) is 0 Å². The zero-order chi connectivity index (χ0) is 13.1. The molecular weight excluding hydrogens is 250 g/mol. The maximum absolute atomic E-state index is 10.4. The van der Waals surface area contributed by atoms with Crippen LogP contribution in [-0.2, 0) is 6.42 Å². The van der Waals surface area contributed by atoms with Crippen LogP contribution in [0.1, 0.15) is 55.7 Å². The van der Waals surface area contributed by atoms with E-state index < -0.39 is 6.10 Å². The smallest absolute Gasteiger partial charge is 0.161 e. The van der Waals surface area contributed by atoms with Gasteiger partial charge in [0.05, 0.1) is 10.6 Å². The van der Waals surface area contributed by atoms with E-state index in [4.69, 9.17) is 0 Å². The Morgan fingerprint density at radius 3 is 2.89 bits per heavy atom. The van der Waals surface area contributed by atoms with Gasteiger partial charge >= 0.3 is 0 Å². The van der Waals surface area contributed by atoms with E-state index in [1.807, 2.05) is 13.8 Å². The summed E-state index contributed by atoms with van der Waals surface area (Å²) in [5, 5.41) is 18.6. The lowest BCUT2D eigenvalue weighted by molar-refractivity contribution is 0.202. The van der Waals surface area contributed by atoms with E-state index in [9.17, 15) is 5.11 Å². The van der Waals surface area contributed by atoms with Gasteiger partial charge in [-0.15, -0.1) is 5.10 Å². The summed E-state index contributed by atoms with van der Waals surface area (Å²) in [6, 6.07) is 0.160. The molecule has 0 aliphatic heterocycles. The molecule has 6 nitrogen and oxygen atoms in total. The van der Waals surface area contributed by atoms with Crippen LogP contribution in [0.4, 0.5) is 0 Å². The van der Waals surface area contributed by atoms with Crippen LogP contribution in [0.5, 0.6) is 0 Å². The summed E-state index contributed by atoms with van der Waals surface area (Å²) in [6.07, 6.45) is 2.46. The summed E-state index contributed by atoms with van der Waals surface area (Å²) in [6.45, 7) is 6.08. The fraction of sp³-hybridized carbons (Fsp3) is 0.636. The molecule has 0 fully saturated rings. The van der Waals surface area contributed by atoms with Gasteiger partial charge in [0.2, 0.25) is 0 Å². The molecule has 2 aromatic heterocycles. The third-order valence-electron chi connectivity index (χ3n) is 2.65. The van der Waals surface area contributed by atoms with E-state index in [1.54, 1.807) is 4.68 Å². The molecule has 0 saturated carbocycles. The average molecular weight is 267 g/mol. The van der Waals surface area contributed by atoms with Crippen LogP contribution in [0.15, 0.2) is 6.33 Å². The van der Waals surface area contributed by atoms with Crippen LogP contribution >= 0.6 is 11.5 Å². The molecule has 0 amide bonds. The SMILES string of the molecule is CCCc1nnsc1C(O)c1ncnn1C(C)C. The molecule has 2 aromatic rings. The fourth-order valence-electron chi connectivity index (χ4n) is 1.80. The summed E-state index contributed by atoms with van der Waals surface area (Å²) >= 11 is 1.22. The Morgan fingerprint density at radius 2 is 2.22 bits per heavy atom. The minimum atomic E-state index is -0.795. The molecule has 2 rings (SSSR count). The van der Waals surface area contributed by atoms with Crippen LogP contribution in [0.3, 0.4) is 0 Å². The van der Waals surface area contributed by atoms with E-state index >= 15 is 0 Å². The molecule has 2 heterocycles. The Bertz CT molecular complexity index is 507. The van der Waals surface area contributed by atoms with E-state index in [0.717, 1.165) is 23.4 Å². The van der Waals surface area contributed by atoms with Crippen molar-refractivity contribution in [1.29, 1.82) is 0 Å². The number of hydrogen-bond acceptors (Lipinski definition) is 6. The Hall–Kier alpha value is -1.34. The quantitative estimate of drug-likeness (QED) is 0.893. The standard InChI is InChI=1S/C11H17N5OS/c1-4-5-8-10(18-15-14-8)9(17)11-12-6-13-16(11)7(2)3/h6-7,9,17H,4-5H2,1-3H3. The maximum atomic E-state index is 10.4. The first-order valence-corrected chi connectivity index (χ1v) is 6.81. The van der Waals surface area contributed by atoms with Gasteiger partial charge in [-0.2, -0.15) is 5.10 Å². The van der Waals surface area contributed by atoms with Gasteiger partial charge in [-0.3, -0.25) is 0 Å². The second-order valence-electron chi connectivity index (χ2n) is 4.39. The lowest BCUT2D eigenvalue weighted by Gasteiger charge is -2.13. The highest BCUT2D eigenvalue weighted by atomic mass is 32.1. The maximum Gasteiger partial charge on any atom is 0.161 e. The molecule has 18 heavy (non-hydrogen) atoms. The third-order valence-corrected chi connectivity index (χ3v) is 3.47. The largest absolute Gasteiger partial charge is 0.379 e. The van der Waals surface area contributed by atoms with E-state index in [1.165, 1.54) is 17.9 Å². The van der Waals surface area contributed by atoms with Crippen molar-refractivity contribution in [3.05, 3.63) is 22.7 Å². The van der Waals surface area contributed by atoms with E-state index in [2.05, 4.69) is 26.6 Å². The van der Waals surface area contributed by atoms with Crippen LogP contribution in [0, 0.1) is 0 Å². The first-order valence-electron chi connectivity index (χ1n) is 6.03. The molecule has 1 N–H and O–H groups in total. The molecule has 0 aliphatic rings. The van der Waals surface area contributed by atoms with Crippen molar-refractivity contribution in [2.75, 3.05) is 0 Å². The molecule has 0 bridgehead atoms. The Kier molecular flexibility index (Phi) is 4.03. The minimum Gasteiger partial charge on any atom is -0.379 e. The van der Waals surface area contributed by atoms with Gasteiger partial charge in [-0.1, -0.05) is 17.8 Å². The third kappa shape index (κ3) is 2.41. The highest BCUT2D eigenvalue weighted by molar-refractivity contribution is 7.05. The zero-order valence-electron chi connectivity index (χ0n) is 10.7. The average Bonchev–Trinajstić information content (AvgIpc) is 2.96.